The molecular formula is C17H19NO2. The molecule has 0 N–H and O–H groups in total. The van der Waals surface area contributed by atoms with Gasteiger partial charge in [0.05, 0.1) is 12.0 Å². The van der Waals surface area contributed by atoms with Crippen LogP contribution in [0.25, 0.3) is 0 Å². The van der Waals surface area contributed by atoms with Gasteiger partial charge in [-0.05, 0) is 30.0 Å². The Labute approximate surface area is 119 Å². The van der Waals surface area contributed by atoms with Crippen LogP contribution < -0.4 is 0 Å². The van der Waals surface area contributed by atoms with Gasteiger partial charge in [-0.3, -0.25) is 14.6 Å². The molecule has 1 heterocycles. The van der Waals surface area contributed by atoms with Gasteiger partial charge in [0.1, 0.15) is 0 Å². The molecule has 0 fully saturated rings. The van der Waals surface area contributed by atoms with Crippen molar-refractivity contribution in [1.29, 1.82) is 0 Å². The number of allylic oxidation sites excluding steroid dienone is 4. The SMILES string of the molecule is CC(C)(C)C1=CC(=O)C(C(=O)Cc2ccccn2)=CC1. The Hall–Kier alpha value is -2.03. The van der Waals surface area contributed by atoms with Crippen molar-refractivity contribution in [3.63, 3.8) is 0 Å². The zero-order valence-electron chi connectivity index (χ0n) is 12.1. The highest BCUT2D eigenvalue weighted by Crippen LogP contribution is 2.31. The van der Waals surface area contributed by atoms with Gasteiger partial charge in [-0.2, -0.15) is 0 Å². The van der Waals surface area contributed by atoms with E-state index in [4.69, 9.17) is 0 Å². The second-order valence-electron chi connectivity index (χ2n) is 6.03. The average molecular weight is 269 g/mol. The number of carbonyl (C=O) groups excluding carboxylic acids is 2. The summed E-state index contributed by atoms with van der Waals surface area (Å²) in [6, 6.07) is 5.43. The zero-order valence-corrected chi connectivity index (χ0v) is 12.1. The number of nitrogens with zero attached hydrogens (tertiary/aromatic N) is 1. The summed E-state index contributed by atoms with van der Waals surface area (Å²) in [5.41, 5.74) is 2.01. The lowest BCUT2D eigenvalue weighted by atomic mass is 9.80. The minimum Gasteiger partial charge on any atom is -0.294 e. The van der Waals surface area contributed by atoms with Crippen LogP contribution in [0.1, 0.15) is 32.9 Å². The minimum absolute atomic E-state index is 0.0400. The highest BCUT2D eigenvalue weighted by molar-refractivity contribution is 6.25. The molecule has 0 aliphatic heterocycles. The lowest BCUT2D eigenvalue weighted by molar-refractivity contribution is -0.119. The first-order valence-corrected chi connectivity index (χ1v) is 6.76. The number of rotatable bonds is 3. The lowest BCUT2D eigenvalue weighted by Gasteiger charge is -2.24. The molecule has 0 saturated carbocycles. The van der Waals surface area contributed by atoms with Crippen LogP contribution in [0.3, 0.4) is 0 Å². The predicted octanol–water partition coefficient (Wildman–Crippen LogP) is 3.06. The summed E-state index contributed by atoms with van der Waals surface area (Å²) in [7, 11) is 0. The van der Waals surface area contributed by atoms with E-state index in [9.17, 15) is 9.59 Å². The van der Waals surface area contributed by atoms with E-state index in [-0.39, 0.29) is 23.4 Å². The molecule has 3 heteroatoms. The smallest absolute Gasteiger partial charge is 0.189 e. The third kappa shape index (κ3) is 3.29. The van der Waals surface area contributed by atoms with Crippen molar-refractivity contribution in [2.75, 3.05) is 0 Å². The number of pyridine rings is 1. The third-order valence-corrected chi connectivity index (χ3v) is 3.43. The summed E-state index contributed by atoms with van der Waals surface area (Å²) in [6.45, 7) is 6.21. The molecule has 104 valence electrons. The molecule has 0 unspecified atom stereocenters. The monoisotopic (exact) mass is 269 g/mol. The zero-order chi connectivity index (χ0) is 14.8. The summed E-state index contributed by atoms with van der Waals surface area (Å²) in [4.78, 5) is 28.4. The maximum absolute atomic E-state index is 12.2. The maximum Gasteiger partial charge on any atom is 0.189 e. The van der Waals surface area contributed by atoms with E-state index in [2.05, 4.69) is 25.8 Å². The van der Waals surface area contributed by atoms with Gasteiger partial charge in [0, 0.05) is 11.9 Å². The van der Waals surface area contributed by atoms with Crippen LogP contribution in [0.4, 0.5) is 0 Å². The number of hydrogen-bond donors (Lipinski definition) is 0. The summed E-state index contributed by atoms with van der Waals surface area (Å²) in [5, 5.41) is 0. The van der Waals surface area contributed by atoms with Crippen LogP contribution in [0, 0.1) is 5.41 Å². The molecule has 1 aromatic heterocycles. The fourth-order valence-electron chi connectivity index (χ4n) is 2.14. The molecule has 3 nitrogen and oxygen atoms in total. The molecular weight excluding hydrogens is 250 g/mol. The second kappa shape index (κ2) is 5.53. The van der Waals surface area contributed by atoms with E-state index in [0.717, 1.165) is 5.57 Å². The van der Waals surface area contributed by atoms with Gasteiger partial charge < -0.3 is 0 Å². The molecule has 0 radical (unpaired) electrons. The van der Waals surface area contributed by atoms with Crippen LogP contribution in [0.15, 0.2) is 47.7 Å². The molecule has 0 saturated heterocycles. The van der Waals surface area contributed by atoms with E-state index >= 15 is 0 Å². The van der Waals surface area contributed by atoms with Crippen molar-refractivity contribution in [1.82, 2.24) is 4.98 Å². The van der Waals surface area contributed by atoms with Crippen molar-refractivity contribution in [2.24, 2.45) is 5.41 Å². The average Bonchev–Trinajstić information content (AvgIpc) is 2.38. The second-order valence-corrected chi connectivity index (χ2v) is 6.03. The van der Waals surface area contributed by atoms with E-state index in [0.29, 0.717) is 17.7 Å². The van der Waals surface area contributed by atoms with Crippen molar-refractivity contribution in [3.8, 4) is 0 Å². The van der Waals surface area contributed by atoms with Crippen LogP contribution in [0.5, 0.6) is 0 Å². The molecule has 1 aromatic rings. The fraction of sp³-hybridized carbons (Fsp3) is 0.353. The van der Waals surface area contributed by atoms with E-state index in [1.807, 2.05) is 6.07 Å². The normalized spacial score (nSPS) is 15.7. The van der Waals surface area contributed by atoms with Gasteiger partial charge in [-0.1, -0.05) is 38.5 Å². The van der Waals surface area contributed by atoms with Gasteiger partial charge in [-0.15, -0.1) is 0 Å². The quantitative estimate of drug-likeness (QED) is 0.792. The minimum atomic E-state index is -0.179. The predicted molar refractivity (Wildman–Crippen MR) is 78.2 cm³/mol. The standard InChI is InChI=1S/C17H19NO2/c1-17(2,3)12-7-8-14(15(19)10-12)16(20)11-13-6-4-5-9-18-13/h4-6,8-10H,7,11H2,1-3H3. The van der Waals surface area contributed by atoms with Crippen molar-refractivity contribution < 1.29 is 9.59 Å². The Kier molecular flexibility index (Phi) is 3.98. The number of aromatic nitrogens is 1. The van der Waals surface area contributed by atoms with E-state index in [1.54, 1.807) is 30.5 Å². The number of Topliss-reactive ketones (excluding diaryl/α,β-unsaturated/α-hetero) is 1. The highest BCUT2D eigenvalue weighted by Gasteiger charge is 2.25. The topological polar surface area (TPSA) is 47.0 Å². The number of ketones is 2. The van der Waals surface area contributed by atoms with Crippen LogP contribution in [-0.4, -0.2) is 16.6 Å². The number of hydrogen-bond acceptors (Lipinski definition) is 3. The van der Waals surface area contributed by atoms with E-state index < -0.39 is 0 Å². The Morgan fingerprint density at radius 2 is 2.05 bits per heavy atom. The molecule has 0 atom stereocenters. The first-order valence-electron chi connectivity index (χ1n) is 6.76. The molecule has 0 bridgehead atoms. The Morgan fingerprint density at radius 3 is 2.60 bits per heavy atom. The molecule has 0 aromatic carbocycles. The van der Waals surface area contributed by atoms with Gasteiger partial charge in [-0.25, -0.2) is 0 Å². The van der Waals surface area contributed by atoms with Crippen LogP contribution in [-0.2, 0) is 16.0 Å². The highest BCUT2D eigenvalue weighted by atomic mass is 16.1. The number of carbonyl (C=O) groups is 2. The Morgan fingerprint density at radius 1 is 1.30 bits per heavy atom. The van der Waals surface area contributed by atoms with Gasteiger partial charge in [0.15, 0.2) is 11.6 Å². The van der Waals surface area contributed by atoms with Crippen molar-refractivity contribution in [3.05, 3.63) is 53.4 Å². The largest absolute Gasteiger partial charge is 0.294 e. The molecule has 1 aliphatic carbocycles. The summed E-state index contributed by atoms with van der Waals surface area (Å²) < 4.78 is 0. The van der Waals surface area contributed by atoms with Gasteiger partial charge >= 0.3 is 0 Å². The summed E-state index contributed by atoms with van der Waals surface area (Å²) in [6.07, 6.45) is 5.87. The Bertz CT molecular complexity index is 589. The van der Waals surface area contributed by atoms with Gasteiger partial charge in [0.25, 0.3) is 0 Å². The van der Waals surface area contributed by atoms with Crippen LogP contribution in [0.2, 0.25) is 0 Å². The first kappa shape index (κ1) is 14.4. The summed E-state index contributed by atoms with van der Waals surface area (Å²) >= 11 is 0. The fourth-order valence-corrected chi connectivity index (χ4v) is 2.14. The maximum atomic E-state index is 12.2. The van der Waals surface area contributed by atoms with Crippen molar-refractivity contribution >= 4 is 11.6 Å². The third-order valence-electron chi connectivity index (χ3n) is 3.43. The van der Waals surface area contributed by atoms with E-state index in [1.165, 1.54) is 0 Å². The van der Waals surface area contributed by atoms with Crippen molar-refractivity contribution in [2.45, 2.75) is 33.6 Å². The molecule has 0 spiro atoms. The van der Waals surface area contributed by atoms with Crippen LogP contribution >= 0.6 is 0 Å². The molecule has 20 heavy (non-hydrogen) atoms. The molecule has 2 rings (SSSR count). The Balaban J connectivity index is 2.10. The molecule has 0 amide bonds. The molecule has 1 aliphatic rings. The first-order chi connectivity index (χ1) is 9.38. The summed E-state index contributed by atoms with van der Waals surface area (Å²) in [5.74, 6) is -0.333. The van der Waals surface area contributed by atoms with Gasteiger partial charge in [0.2, 0.25) is 0 Å². The lowest BCUT2D eigenvalue weighted by Crippen LogP contribution is -2.20.